The van der Waals surface area contributed by atoms with Crippen LogP contribution in [0.25, 0.3) is 0 Å². The van der Waals surface area contributed by atoms with Gasteiger partial charge in [-0.3, -0.25) is 9.79 Å². The summed E-state index contributed by atoms with van der Waals surface area (Å²) >= 11 is 1.54. The molecule has 3 rings (SSSR count). The number of carbonyl (C=O) groups is 1. The molecule has 0 unspecified atom stereocenters. The molecule has 0 fully saturated rings. The van der Waals surface area contributed by atoms with Crippen molar-refractivity contribution in [1.82, 2.24) is 10.3 Å². The minimum absolute atomic E-state index is 0.233. The van der Waals surface area contributed by atoms with Gasteiger partial charge in [0.15, 0.2) is 5.17 Å². The van der Waals surface area contributed by atoms with E-state index >= 15 is 0 Å². The summed E-state index contributed by atoms with van der Waals surface area (Å²) in [4.78, 5) is 20.9. The van der Waals surface area contributed by atoms with Crippen LogP contribution in [-0.4, -0.2) is 35.5 Å². The van der Waals surface area contributed by atoms with Crippen LogP contribution in [0.4, 0.5) is 11.5 Å². The highest BCUT2D eigenvalue weighted by Crippen LogP contribution is 2.27. The first-order valence-corrected chi connectivity index (χ1v) is 8.10. The van der Waals surface area contributed by atoms with Crippen LogP contribution in [0.1, 0.15) is 10.4 Å². The van der Waals surface area contributed by atoms with Crippen LogP contribution in [0.5, 0.6) is 5.75 Å². The largest absolute Gasteiger partial charge is 0.495 e. The zero-order chi connectivity index (χ0) is 16.1. The van der Waals surface area contributed by atoms with E-state index in [-0.39, 0.29) is 5.91 Å². The fourth-order valence-electron chi connectivity index (χ4n) is 2.14. The van der Waals surface area contributed by atoms with Gasteiger partial charge >= 0.3 is 0 Å². The molecule has 2 aromatic rings. The van der Waals surface area contributed by atoms with Crippen LogP contribution >= 0.6 is 11.8 Å². The average molecular weight is 328 g/mol. The Hall–Kier alpha value is -2.54. The van der Waals surface area contributed by atoms with Gasteiger partial charge < -0.3 is 15.4 Å². The number of amidine groups is 1. The van der Waals surface area contributed by atoms with Gasteiger partial charge in [-0.1, -0.05) is 23.9 Å². The number of methoxy groups -OCH3 is 1. The molecule has 1 amide bonds. The number of hydrogen-bond donors (Lipinski definition) is 2. The van der Waals surface area contributed by atoms with E-state index in [0.717, 1.165) is 18.0 Å². The zero-order valence-corrected chi connectivity index (χ0v) is 13.4. The Labute approximate surface area is 138 Å². The molecule has 1 aromatic carbocycles. The number of aliphatic imine (C=N–C) groups is 1. The van der Waals surface area contributed by atoms with E-state index in [1.807, 2.05) is 24.3 Å². The summed E-state index contributed by atoms with van der Waals surface area (Å²) in [7, 11) is 1.60. The standard InChI is InChI=1S/C16H16N4O2S/c1-22-13-7-3-2-6-12(13)19-14-11(5-4-8-17-14)15(21)20-16-18-9-10-23-16/h2-8H,9-10H2,1H3,(H,17,19)(H,18,20,21). The van der Waals surface area contributed by atoms with E-state index in [4.69, 9.17) is 4.74 Å². The molecule has 2 N–H and O–H groups in total. The molecule has 1 aromatic heterocycles. The summed E-state index contributed by atoms with van der Waals surface area (Å²) in [6, 6.07) is 10.9. The molecule has 0 saturated heterocycles. The van der Waals surface area contributed by atoms with Gasteiger partial charge in [-0.05, 0) is 24.3 Å². The van der Waals surface area contributed by atoms with Crippen molar-refractivity contribution in [3.05, 3.63) is 48.2 Å². The van der Waals surface area contributed by atoms with Crippen molar-refractivity contribution in [1.29, 1.82) is 0 Å². The predicted molar refractivity (Wildman–Crippen MR) is 92.7 cm³/mol. The second-order valence-electron chi connectivity index (χ2n) is 4.71. The average Bonchev–Trinajstić information content (AvgIpc) is 3.09. The van der Waals surface area contributed by atoms with E-state index < -0.39 is 0 Å². The van der Waals surface area contributed by atoms with Gasteiger partial charge in [0.05, 0.1) is 24.9 Å². The second-order valence-corrected chi connectivity index (χ2v) is 5.80. The third-order valence-corrected chi connectivity index (χ3v) is 4.11. The second kappa shape index (κ2) is 7.15. The van der Waals surface area contributed by atoms with Crippen LogP contribution in [0.3, 0.4) is 0 Å². The summed E-state index contributed by atoms with van der Waals surface area (Å²) in [5, 5.41) is 6.62. The normalized spacial score (nSPS) is 13.3. The first-order valence-electron chi connectivity index (χ1n) is 7.11. The van der Waals surface area contributed by atoms with E-state index in [1.165, 1.54) is 11.8 Å². The van der Waals surface area contributed by atoms with E-state index in [1.54, 1.807) is 25.4 Å². The van der Waals surface area contributed by atoms with Gasteiger partial charge in [-0.25, -0.2) is 4.98 Å². The van der Waals surface area contributed by atoms with Crippen LogP contribution < -0.4 is 15.4 Å². The lowest BCUT2D eigenvalue weighted by Crippen LogP contribution is -2.28. The third kappa shape index (κ3) is 3.62. The molecule has 0 aliphatic carbocycles. The number of carbonyl (C=O) groups excluding carboxylic acids is 1. The predicted octanol–water partition coefficient (Wildman–Crippen LogP) is 2.67. The Morgan fingerprint density at radius 2 is 2.13 bits per heavy atom. The Morgan fingerprint density at radius 3 is 2.91 bits per heavy atom. The third-order valence-electron chi connectivity index (χ3n) is 3.22. The molecular formula is C16H16N4O2S. The minimum atomic E-state index is -0.233. The van der Waals surface area contributed by atoms with Crippen molar-refractivity contribution in [3.8, 4) is 5.75 Å². The fourth-order valence-corrected chi connectivity index (χ4v) is 2.86. The molecule has 1 aliphatic heterocycles. The molecule has 23 heavy (non-hydrogen) atoms. The molecule has 0 radical (unpaired) electrons. The number of para-hydroxylation sites is 2. The summed E-state index contributed by atoms with van der Waals surface area (Å²) in [6.45, 7) is 0.736. The quantitative estimate of drug-likeness (QED) is 0.902. The maximum Gasteiger partial charge on any atom is 0.260 e. The van der Waals surface area contributed by atoms with Crippen molar-refractivity contribution >= 4 is 34.3 Å². The van der Waals surface area contributed by atoms with Crippen molar-refractivity contribution < 1.29 is 9.53 Å². The van der Waals surface area contributed by atoms with Crippen LogP contribution in [0.2, 0.25) is 0 Å². The van der Waals surface area contributed by atoms with Crippen molar-refractivity contribution in [2.75, 3.05) is 24.7 Å². The topological polar surface area (TPSA) is 75.6 Å². The number of aromatic nitrogens is 1. The van der Waals surface area contributed by atoms with Crippen LogP contribution in [0.15, 0.2) is 47.6 Å². The monoisotopic (exact) mass is 328 g/mol. The summed E-state index contributed by atoms with van der Waals surface area (Å²) in [6.07, 6.45) is 1.64. The number of hydrogen-bond acceptors (Lipinski definition) is 6. The number of thioether (sulfide) groups is 1. The highest BCUT2D eigenvalue weighted by molar-refractivity contribution is 8.14. The smallest absolute Gasteiger partial charge is 0.260 e. The Kier molecular flexibility index (Phi) is 4.77. The first-order chi connectivity index (χ1) is 11.3. The lowest BCUT2D eigenvalue weighted by molar-refractivity contribution is 0.0978. The maximum atomic E-state index is 12.4. The number of pyridine rings is 1. The highest BCUT2D eigenvalue weighted by atomic mass is 32.2. The molecule has 6 nitrogen and oxygen atoms in total. The van der Waals surface area contributed by atoms with Gasteiger partial charge in [0.25, 0.3) is 5.91 Å². The number of ether oxygens (including phenoxy) is 1. The molecular weight excluding hydrogens is 312 g/mol. The first kappa shape index (κ1) is 15.4. The molecule has 0 bridgehead atoms. The van der Waals surface area contributed by atoms with Gasteiger partial charge in [0.1, 0.15) is 11.6 Å². The van der Waals surface area contributed by atoms with E-state index in [2.05, 4.69) is 20.6 Å². The van der Waals surface area contributed by atoms with Gasteiger partial charge in [0, 0.05) is 11.9 Å². The highest BCUT2D eigenvalue weighted by Gasteiger charge is 2.17. The van der Waals surface area contributed by atoms with Crippen molar-refractivity contribution in [2.45, 2.75) is 0 Å². The molecule has 0 atom stereocenters. The SMILES string of the molecule is COc1ccccc1Nc1ncccc1C(=O)NC1=NCCS1. The van der Waals surface area contributed by atoms with E-state index in [9.17, 15) is 4.79 Å². The van der Waals surface area contributed by atoms with Gasteiger partial charge in [-0.15, -0.1) is 0 Å². The maximum absolute atomic E-state index is 12.4. The Morgan fingerprint density at radius 1 is 1.26 bits per heavy atom. The van der Waals surface area contributed by atoms with Crippen LogP contribution in [-0.2, 0) is 0 Å². The van der Waals surface area contributed by atoms with E-state index in [0.29, 0.717) is 22.3 Å². The minimum Gasteiger partial charge on any atom is -0.495 e. The number of nitrogens with zero attached hydrogens (tertiary/aromatic N) is 2. The van der Waals surface area contributed by atoms with Gasteiger partial charge in [-0.2, -0.15) is 0 Å². The molecule has 7 heteroatoms. The van der Waals surface area contributed by atoms with Gasteiger partial charge in [0.2, 0.25) is 0 Å². The summed E-state index contributed by atoms with van der Waals surface area (Å²) in [5.74, 6) is 1.82. The molecule has 2 heterocycles. The molecule has 0 saturated carbocycles. The molecule has 1 aliphatic rings. The number of benzene rings is 1. The van der Waals surface area contributed by atoms with Crippen molar-refractivity contribution in [3.63, 3.8) is 0 Å². The number of amides is 1. The van der Waals surface area contributed by atoms with Crippen LogP contribution in [0, 0.1) is 0 Å². The summed E-state index contributed by atoms with van der Waals surface area (Å²) in [5.41, 5.74) is 1.20. The van der Waals surface area contributed by atoms with Crippen molar-refractivity contribution in [2.24, 2.45) is 4.99 Å². The lowest BCUT2D eigenvalue weighted by Gasteiger charge is -2.13. The summed E-state index contributed by atoms with van der Waals surface area (Å²) < 4.78 is 5.31. The fraction of sp³-hybridized carbons (Fsp3) is 0.188. The number of anilines is 2. The lowest BCUT2D eigenvalue weighted by atomic mass is 10.2. The number of rotatable bonds is 4. The Balaban J connectivity index is 1.84. The zero-order valence-electron chi connectivity index (χ0n) is 12.6. The number of nitrogens with one attached hydrogen (secondary N) is 2. The Bertz CT molecular complexity index is 748. The molecule has 0 spiro atoms. The molecule has 118 valence electrons.